The Morgan fingerprint density at radius 3 is 2.38 bits per heavy atom. The van der Waals surface area contributed by atoms with E-state index in [9.17, 15) is 24.8 Å². The van der Waals surface area contributed by atoms with Crippen molar-refractivity contribution in [3.05, 3.63) is 78.2 Å². The molecule has 0 saturated heterocycles. The second-order valence-electron chi connectivity index (χ2n) is 5.00. The molecule has 0 bridgehead atoms. The van der Waals surface area contributed by atoms with Crippen LogP contribution in [-0.4, -0.2) is 15.0 Å². The molecule has 0 aliphatic heterocycles. The summed E-state index contributed by atoms with van der Waals surface area (Å²) in [4.78, 5) is 37.4. The van der Waals surface area contributed by atoms with Gasteiger partial charge in [0, 0.05) is 22.5 Å². The monoisotopic (exact) mass is 344 g/mol. The van der Waals surface area contributed by atoms with Crippen molar-refractivity contribution in [3.8, 4) is 16.9 Å². The number of hydrogen-bond donors (Lipinski definition) is 2. The van der Waals surface area contributed by atoms with Crippen LogP contribution in [0.4, 0.5) is 5.69 Å². The topological polar surface area (TPSA) is 113 Å². The van der Waals surface area contributed by atoms with E-state index in [4.69, 9.17) is 11.6 Å². The van der Waals surface area contributed by atoms with Crippen molar-refractivity contribution >= 4 is 28.2 Å². The summed E-state index contributed by atoms with van der Waals surface area (Å²) in [5, 5.41) is 21.3. The first-order valence-corrected chi connectivity index (χ1v) is 7.10. The highest BCUT2D eigenvalue weighted by Gasteiger charge is 2.16. The largest absolute Gasteiger partial charge is 0.502 e. The van der Waals surface area contributed by atoms with Crippen LogP contribution in [0.2, 0.25) is 5.02 Å². The van der Waals surface area contributed by atoms with Gasteiger partial charge in [-0.3, -0.25) is 19.7 Å². The maximum atomic E-state index is 12.7. The summed E-state index contributed by atoms with van der Waals surface area (Å²) in [7, 11) is 0. The lowest BCUT2D eigenvalue weighted by Crippen LogP contribution is -2.05. The van der Waals surface area contributed by atoms with Crippen molar-refractivity contribution in [3.63, 3.8) is 0 Å². The first-order chi connectivity index (χ1) is 11.4. The fraction of sp³-hybridized carbons (Fsp3) is 0. The Bertz CT molecular complexity index is 1090. The van der Waals surface area contributed by atoms with Gasteiger partial charge >= 0.3 is 0 Å². The SMILES string of the molecule is O=c1[nH]c2cc(Cl)ccc2c(=O)c(-c2ccc([N+](=O)[O-])cc2)c1O. The van der Waals surface area contributed by atoms with Gasteiger partial charge < -0.3 is 10.1 Å². The van der Waals surface area contributed by atoms with Gasteiger partial charge in [-0.05, 0) is 35.9 Å². The van der Waals surface area contributed by atoms with Gasteiger partial charge in [0.1, 0.15) is 0 Å². The number of H-pyrrole nitrogens is 1. The number of rotatable bonds is 2. The van der Waals surface area contributed by atoms with E-state index in [1.54, 1.807) is 0 Å². The van der Waals surface area contributed by atoms with E-state index in [0.717, 1.165) is 0 Å². The molecule has 3 rings (SSSR count). The molecule has 0 aliphatic carbocycles. The number of non-ortho nitro benzene ring substituents is 1. The Labute approximate surface area is 138 Å². The molecule has 7 nitrogen and oxygen atoms in total. The Hall–Kier alpha value is -3.19. The predicted molar refractivity (Wildman–Crippen MR) is 89.6 cm³/mol. The number of benzene rings is 2. The number of halogens is 1. The summed E-state index contributed by atoms with van der Waals surface area (Å²) < 4.78 is 0. The number of aromatic hydroxyl groups is 1. The van der Waals surface area contributed by atoms with Crippen LogP contribution in [0.1, 0.15) is 0 Å². The number of nitrogens with zero attached hydrogens (tertiary/aromatic N) is 1. The third-order valence-corrected chi connectivity index (χ3v) is 3.76. The maximum absolute atomic E-state index is 12.7. The lowest BCUT2D eigenvalue weighted by Gasteiger charge is -2.00. The summed E-state index contributed by atoms with van der Waals surface area (Å²) >= 11 is 5.86. The summed E-state index contributed by atoms with van der Waals surface area (Å²) in [6.07, 6.45) is 0. The number of nitrogens with one attached hydrogen (secondary N) is 1. The molecule has 2 aromatic carbocycles. The van der Waals surface area contributed by atoms with E-state index in [1.165, 1.54) is 42.5 Å². The number of nitro groups is 1. The first-order valence-electron chi connectivity index (χ1n) is 6.72. The molecule has 0 atom stereocenters. The number of aromatic nitrogens is 1. The third kappa shape index (κ3) is 2.61. The highest BCUT2D eigenvalue weighted by Crippen LogP contribution is 2.26. The van der Waals surface area contributed by atoms with E-state index in [2.05, 4.69) is 4.98 Å². The van der Waals surface area contributed by atoms with E-state index < -0.39 is 21.7 Å². The van der Waals surface area contributed by atoms with Crippen LogP contribution in [0.25, 0.3) is 22.0 Å². The lowest BCUT2D eigenvalue weighted by molar-refractivity contribution is -0.384. The van der Waals surface area contributed by atoms with Gasteiger partial charge in [-0.1, -0.05) is 11.6 Å². The van der Waals surface area contributed by atoms with Crippen molar-refractivity contribution in [2.45, 2.75) is 0 Å². The molecule has 0 unspecified atom stereocenters. The van der Waals surface area contributed by atoms with E-state index in [1.807, 2.05) is 0 Å². The molecule has 0 aliphatic rings. The minimum Gasteiger partial charge on any atom is -0.502 e. The molecule has 24 heavy (non-hydrogen) atoms. The van der Waals surface area contributed by atoms with Gasteiger partial charge in [0.05, 0.1) is 16.0 Å². The van der Waals surface area contributed by atoms with E-state index in [-0.39, 0.29) is 27.7 Å². The zero-order valence-corrected chi connectivity index (χ0v) is 12.7. The molecule has 1 aromatic heterocycles. The smallest absolute Gasteiger partial charge is 0.291 e. The second kappa shape index (κ2) is 5.78. The standard InChI is InChI=1S/C16H9ClN2O5/c17-9-3-6-11-12(7-9)18-16(22)15(21)13(14(11)20)8-1-4-10(5-2-8)19(23)24/h1-7,21H,(H,18,22). The fourth-order valence-electron chi connectivity index (χ4n) is 2.37. The van der Waals surface area contributed by atoms with Crippen molar-refractivity contribution < 1.29 is 10.0 Å². The van der Waals surface area contributed by atoms with Gasteiger partial charge in [0.2, 0.25) is 0 Å². The van der Waals surface area contributed by atoms with Gasteiger partial charge in [0.15, 0.2) is 11.2 Å². The average molecular weight is 345 g/mol. The lowest BCUT2D eigenvalue weighted by atomic mass is 10.0. The second-order valence-corrected chi connectivity index (χ2v) is 5.44. The molecule has 0 saturated carbocycles. The molecule has 0 fully saturated rings. The van der Waals surface area contributed by atoms with Crippen LogP contribution in [0.3, 0.4) is 0 Å². The van der Waals surface area contributed by atoms with Crippen LogP contribution in [0.5, 0.6) is 5.75 Å². The van der Waals surface area contributed by atoms with Crippen molar-refractivity contribution in [1.29, 1.82) is 0 Å². The number of hydrogen-bond acceptors (Lipinski definition) is 5. The molecule has 0 radical (unpaired) electrons. The Morgan fingerprint density at radius 1 is 1.08 bits per heavy atom. The normalized spacial score (nSPS) is 10.7. The summed E-state index contributed by atoms with van der Waals surface area (Å²) in [5.74, 6) is -0.763. The Kier molecular flexibility index (Phi) is 3.78. The molecule has 8 heteroatoms. The molecule has 1 heterocycles. The van der Waals surface area contributed by atoms with Gasteiger partial charge in [0.25, 0.3) is 11.2 Å². The van der Waals surface area contributed by atoms with Crippen molar-refractivity contribution in [2.24, 2.45) is 0 Å². The zero-order chi connectivity index (χ0) is 17.4. The number of aromatic amines is 1. The van der Waals surface area contributed by atoms with Crippen molar-refractivity contribution in [1.82, 2.24) is 4.98 Å². The summed E-state index contributed by atoms with van der Waals surface area (Å²) in [6.45, 7) is 0. The van der Waals surface area contributed by atoms with Gasteiger partial charge in [-0.2, -0.15) is 0 Å². The van der Waals surface area contributed by atoms with Crippen LogP contribution in [0, 0.1) is 10.1 Å². The van der Waals surface area contributed by atoms with Gasteiger partial charge in [-0.25, -0.2) is 0 Å². The van der Waals surface area contributed by atoms with Crippen LogP contribution < -0.4 is 11.0 Å². The third-order valence-electron chi connectivity index (χ3n) is 3.52. The Balaban J connectivity index is 2.40. The predicted octanol–water partition coefficient (Wildman–Crippen LogP) is 2.82. The van der Waals surface area contributed by atoms with Crippen LogP contribution in [0.15, 0.2) is 52.1 Å². The van der Waals surface area contributed by atoms with Gasteiger partial charge in [-0.15, -0.1) is 0 Å². The molecule has 3 aromatic rings. The highest BCUT2D eigenvalue weighted by molar-refractivity contribution is 6.31. The molecule has 120 valence electrons. The molecule has 2 N–H and O–H groups in total. The minimum absolute atomic E-state index is 0.158. The molecular weight excluding hydrogens is 336 g/mol. The Morgan fingerprint density at radius 2 is 1.75 bits per heavy atom. The zero-order valence-electron chi connectivity index (χ0n) is 11.9. The highest BCUT2D eigenvalue weighted by atomic mass is 35.5. The first kappa shape index (κ1) is 15.7. The maximum Gasteiger partial charge on any atom is 0.291 e. The summed E-state index contributed by atoms with van der Waals surface area (Å²) in [6, 6.07) is 9.30. The molecule has 0 amide bonds. The van der Waals surface area contributed by atoms with E-state index in [0.29, 0.717) is 5.02 Å². The number of nitro benzene ring substituents is 1. The minimum atomic E-state index is -0.863. The quantitative estimate of drug-likeness (QED) is 0.548. The van der Waals surface area contributed by atoms with E-state index >= 15 is 0 Å². The molecular formula is C16H9ClN2O5. The van der Waals surface area contributed by atoms with Crippen molar-refractivity contribution in [2.75, 3.05) is 0 Å². The van der Waals surface area contributed by atoms with Crippen LogP contribution in [-0.2, 0) is 0 Å². The summed E-state index contributed by atoms with van der Waals surface area (Å²) in [5.41, 5.74) is -1.48. The van der Waals surface area contributed by atoms with Crippen LogP contribution >= 0.6 is 11.6 Å². The average Bonchev–Trinajstić information content (AvgIpc) is 2.63. The number of fused-ring (bicyclic) bond motifs is 1. The fourth-order valence-corrected chi connectivity index (χ4v) is 2.54. The molecule has 0 spiro atoms.